The molecule has 2 rings (SSSR count). The molecule has 1 fully saturated rings. The van der Waals surface area contributed by atoms with Crippen molar-refractivity contribution in [2.45, 2.75) is 38.7 Å². The molecule has 25 heavy (non-hydrogen) atoms. The van der Waals surface area contributed by atoms with Crippen molar-refractivity contribution in [2.75, 3.05) is 33.4 Å². The smallest absolute Gasteiger partial charge is 0.221 e. The average molecular weight is 348 g/mol. The zero-order valence-corrected chi connectivity index (χ0v) is 15.1. The second kappa shape index (κ2) is 10.0. The van der Waals surface area contributed by atoms with E-state index in [1.54, 1.807) is 12.0 Å². The number of ether oxygens (including phenoxy) is 2. The topological polar surface area (TPSA) is 67.9 Å². The summed E-state index contributed by atoms with van der Waals surface area (Å²) in [4.78, 5) is 25.4. The highest BCUT2D eigenvalue weighted by Crippen LogP contribution is 2.14. The van der Waals surface area contributed by atoms with Crippen LogP contribution < -0.4 is 10.1 Å². The van der Waals surface area contributed by atoms with E-state index in [1.165, 1.54) is 6.92 Å². The Morgan fingerprint density at radius 3 is 2.68 bits per heavy atom. The Labute approximate surface area is 149 Å². The van der Waals surface area contributed by atoms with Crippen LogP contribution in [0.1, 0.15) is 31.7 Å². The third-order valence-electron chi connectivity index (χ3n) is 4.40. The predicted molar refractivity (Wildman–Crippen MR) is 95.6 cm³/mol. The summed E-state index contributed by atoms with van der Waals surface area (Å²) in [5, 5.41) is 2.91. The molecule has 1 aromatic carbocycles. The number of methoxy groups -OCH3 is 1. The number of hydrogen-bond acceptors (Lipinski definition) is 4. The molecule has 1 aliphatic heterocycles. The molecule has 0 spiro atoms. The van der Waals surface area contributed by atoms with Gasteiger partial charge < -0.3 is 19.7 Å². The van der Waals surface area contributed by atoms with Gasteiger partial charge in [0.1, 0.15) is 5.75 Å². The number of carbonyl (C=O) groups excluding carboxylic acids is 2. The minimum atomic E-state index is -0.0351. The number of nitrogens with one attached hydrogen (secondary N) is 1. The van der Waals surface area contributed by atoms with Gasteiger partial charge in [0.2, 0.25) is 11.8 Å². The van der Waals surface area contributed by atoms with Gasteiger partial charge in [-0.1, -0.05) is 12.1 Å². The molecule has 6 nitrogen and oxygen atoms in total. The van der Waals surface area contributed by atoms with Gasteiger partial charge in [0.05, 0.1) is 13.2 Å². The van der Waals surface area contributed by atoms with E-state index >= 15 is 0 Å². The van der Waals surface area contributed by atoms with Gasteiger partial charge in [-0.05, 0) is 37.0 Å². The second-order valence-electron chi connectivity index (χ2n) is 6.30. The molecule has 6 heteroatoms. The Hall–Kier alpha value is -2.08. The van der Waals surface area contributed by atoms with Crippen LogP contribution in [0.3, 0.4) is 0 Å². The number of hydrogen-bond donors (Lipinski definition) is 1. The van der Waals surface area contributed by atoms with Crippen molar-refractivity contribution in [3.8, 4) is 5.75 Å². The highest BCUT2D eigenvalue weighted by molar-refractivity contribution is 5.78. The molecule has 0 aromatic heterocycles. The molecule has 1 heterocycles. The van der Waals surface area contributed by atoms with E-state index in [-0.39, 0.29) is 17.9 Å². The van der Waals surface area contributed by atoms with Crippen LogP contribution in [0.4, 0.5) is 0 Å². The summed E-state index contributed by atoms with van der Waals surface area (Å²) in [6.45, 7) is 3.90. The first-order valence-electron chi connectivity index (χ1n) is 8.85. The maximum atomic E-state index is 12.0. The Morgan fingerprint density at radius 1 is 1.32 bits per heavy atom. The first-order chi connectivity index (χ1) is 12.1. The van der Waals surface area contributed by atoms with Gasteiger partial charge in [-0.2, -0.15) is 0 Å². The second-order valence-corrected chi connectivity index (χ2v) is 6.30. The van der Waals surface area contributed by atoms with E-state index in [2.05, 4.69) is 5.32 Å². The highest BCUT2D eigenvalue weighted by atomic mass is 16.5. The molecule has 1 saturated heterocycles. The van der Waals surface area contributed by atoms with Crippen LogP contribution in [0, 0.1) is 0 Å². The van der Waals surface area contributed by atoms with Crippen molar-refractivity contribution in [3.05, 3.63) is 29.8 Å². The first kappa shape index (κ1) is 19.2. The predicted octanol–water partition coefficient (Wildman–Crippen LogP) is 1.77. The zero-order valence-electron chi connectivity index (χ0n) is 15.1. The number of benzene rings is 1. The van der Waals surface area contributed by atoms with Crippen molar-refractivity contribution < 1.29 is 19.1 Å². The lowest BCUT2D eigenvalue weighted by Crippen LogP contribution is -2.38. The van der Waals surface area contributed by atoms with E-state index in [1.807, 2.05) is 24.3 Å². The van der Waals surface area contributed by atoms with Gasteiger partial charge in [0.25, 0.3) is 0 Å². The molecule has 1 aromatic rings. The average Bonchev–Trinajstić information content (AvgIpc) is 3.12. The van der Waals surface area contributed by atoms with Gasteiger partial charge in [0.15, 0.2) is 0 Å². The summed E-state index contributed by atoms with van der Waals surface area (Å²) in [7, 11) is 1.64. The molecule has 0 bridgehead atoms. The van der Waals surface area contributed by atoms with Crippen molar-refractivity contribution in [1.29, 1.82) is 0 Å². The Kier molecular flexibility index (Phi) is 7.73. The van der Waals surface area contributed by atoms with Gasteiger partial charge in [-0.25, -0.2) is 0 Å². The van der Waals surface area contributed by atoms with Crippen molar-refractivity contribution in [2.24, 2.45) is 0 Å². The standard InChI is InChI=1S/C19H28N2O4/c1-15(22)21(14-18-4-3-13-25-18)12-10-19(23)20-11-9-16-5-7-17(24-2)8-6-16/h5-8,18H,3-4,9-14H2,1-2H3,(H,20,23). The summed E-state index contributed by atoms with van der Waals surface area (Å²) in [5.41, 5.74) is 1.14. The Morgan fingerprint density at radius 2 is 2.08 bits per heavy atom. The minimum absolute atomic E-state index is 0.0125. The van der Waals surface area contributed by atoms with Crippen molar-refractivity contribution in [1.82, 2.24) is 10.2 Å². The SMILES string of the molecule is COc1ccc(CCNC(=O)CCN(CC2CCCO2)C(C)=O)cc1. The normalized spacial score (nSPS) is 16.5. The fourth-order valence-corrected chi connectivity index (χ4v) is 2.87. The van der Waals surface area contributed by atoms with Crippen LogP contribution in [0.2, 0.25) is 0 Å². The van der Waals surface area contributed by atoms with Crippen LogP contribution in [-0.2, 0) is 20.7 Å². The molecule has 1 aliphatic rings. The summed E-state index contributed by atoms with van der Waals surface area (Å²) >= 11 is 0. The summed E-state index contributed by atoms with van der Waals surface area (Å²) in [5.74, 6) is 0.775. The fraction of sp³-hybridized carbons (Fsp3) is 0.579. The fourth-order valence-electron chi connectivity index (χ4n) is 2.87. The monoisotopic (exact) mass is 348 g/mol. The maximum absolute atomic E-state index is 12.0. The summed E-state index contributed by atoms with van der Waals surface area (Å²) in [6.07, 6.45) is 3.22. The molecule has 0 saturated carbocycles. The van der Waals surface area contributed by atoms with E-state index in [0.717, 1.165) is 37.2 Å². The van der Waals surface area contributed by atoms with E-state index in [9.17, 15) is 9.59 Å². The number of amides is 2. The lowest BCUT2D eigenvalue weighted by molar-refractivity contribution is -0.131. The van der Waals surface area contributed by atoms with E-state index in [0.29, 0.717) is 26.1 Å². The van der Waals surface area contributed by atoms with Gasteiger partial charge in [-0.15, -0.1) is 0 Å². The molecule has 2 amide bonds. The Bertz CT molecular complexity index is 553. The van der Waals surface area contributed by atoms with Gasteiger partial charge in [-0.3, -0.25) is 9.59 Å². The molecular weight excluding hydrogens is 320 g/mol. The number of nitrogens with zero attached hydrogens (tertiary/aromatic N) is 1. The molecule has 1 atom stereocenters. The lowest BCUT2D eigenvalue weighted by Gasteiger charge is -2.23. The molecule has 1 N–H and O–H groups in total. The van der Waals surface area contributed by atoms with Gasteiger partial charge in [0, 0.05) is 39.6 Å². The van der Waals surface area contributed by atoms with Crippen molar-refractivity contribution >= 4 is 11.8 Å². The van der Waals surface area contributed by atoms with Crippen LogP contribution in [0.15, 0.2) is 24.3 Å². The minimum Gasteiger partial charge on any atom is -0.497 e. The summed E-state index contributed by atoms with van der Waals surface area (Å²) in [6, 6.07) is 7.80. The largest absolute Gasteiger partial charge is 0.497 e. The third-order valence-corrected chi connectivity index (χ3v) is 4.40. The van der Waals surface area contributed by atoms with Gasteiger partial charge >= 0.3 is 0 Å². The molecule has 138 valence electrons. The lowest BCUT2D eigenvalue weighted by atomic mass is 10.1. The zero-order chi connectivity index (χ0) is 18.1. The van der Waals surface area contributed by atoms with E-state index in [4.69, 9.17) is 9.47 Å². The number of rotatable bonds is 9. The molecular formula is C19H28N2O4. The van der Waals surface area contributed by atoms with Crippen LogP contribution in [-0.4, -0.2) is 56.2 Å². The maximum Gasteiger partial charge on any atom is 0.221 e. The van der Waals surface area contributed by atoms with Crippen LogP contribution >= 0.6 is 0 Å². The number of carbonyl (C=O) groups is 2. The van der Waals surface area contributed by atoms with Crippen LogP contribution in [0.25, 0.3) is 0 Å². The van der Waals surface area contributed by atoms with E-state index < -0.39 is 0 Å². The molecule has 1 unspecified atom stereocenters. The first-order valence-corrected chi connectivity index (χ1v) is 8.85. The quantitative estimate of drug-likeness (QED) is 0.739. The van der Waals surface area contributed by atoms with Crippen LogP contribution in [0.5, 0.6) is 5.75 Å². The summed E-state index contributed by atoms with van der Waals surface area (Å²) < 4.78 is 10.7. The molecule has 0 aliphatic carbocycles. The highest BCUT2D eigenvalue weighted by Gasteiger charge is 2.21. The molecule has 0 radical (unpaired) electrons. The van der Waals surface area contributed by atoms with Crippen molar-refractivity contribution in [3.63, 3.8) is 0 Å². The Balaban J connectivity index is 1.66. The third kappa shape index (κ3) is 6.74.